The number of aromatic nitrogens is 1. The number of amides is 1. The number of hydrogen-bond acceptors (Lipinski definition) is 4. The first-order chi connectivity index (χ1) is 14.9. The van der Waals surface area contributed by atoms with Gasteiger partial charge >= 0.3 is 5.97 Å². The third kappa shape index (κ3) is 4.02. The van der Waals surface area contributed by atoms with Crippen LogP contribution >= 0.6 is 11.6 Å². The van der Waals surface area contributed by atoms with Gasteiger partial charge in [0.1, 0.15) is 6.61 Å². The fourth-order valence-electron chi connectivity index (χ4n) is 4.36. The summed E-state index contributed by atoms with van der Waals surface area (Å²) in [5.41, 5.74) is 2.42. The summed E-state index contributed by atoms with van der Waals surface area (Å²) < 4.78 is 5.82. The minimum absolute atomic E-state index is 0.00828. The molecule has 4 rings (SSSR count). The SMILES string of the molecule is CC(=O)N1CCC(C(=O)OCc2nc3ccccc3c(C)c2Cl)(c2ccccc2)CC1. The van der Waals surface area contributed by atoms with Crippen LogP contribution in [0.15, 0.2) is 54.6 Å². The summed E-state index contributed by atoms with van der Waals surface area (Å²) in [6, 6.07) is 17.5. The van der Waals surface area contributed by atoms with E-state index in [-0.39, 0.29) is 18.5 Å². The highest BCUT2D eigenvalue weighted by Gasteiger charge is 2.44. The van der Waals surface area contributed by atoms with Crippen LogP contribution in [0.5, 0.6) is 0 Å². The van der Waals surface area contributed by atoms with Gasteiger partial charge in [0, 0.05) is 25.4 Å². The van der Waals surface area contributed by atoms with Gasteiger partial charge in [0.25, 0.3) is 0 Å². The maximum Gasteiger partial charge on any atom is 0.317 e. The van der Waals surface area contributed by atoms with Crippen LogP contribution in [0.3, 0.4) is 0 Å². The molecule has 5 nitrogen and oxygen atoms in total. The first-order valence-corrected chi connectivity index (χ1v) is 10.8. The average molecular weight is 437 g/mol. The molecule has 0 saturated carbocycles. The molecule has 1 fully saturated rings. The van der Waals surface area contributed by atoms with Crippen molar-refractivity contribution in [2.45, 2.75) is 38.7 Å². The van der Waals surface area contributed by atoms with Crippen molar-refractivity contribution in [2.75, 3.05) is 13.1 Å². The molecule has 1 amide bonds. The molecule has 1 saturated heterocycles. The Kier molecular flexibility index (Phi) is 5.96. The third-order valence-electron chi connectivity index (χ3n) is 6.27. The number of carbonyl (C=O) groups is 2. The second-order valence-corrected chi connectivity index (χ2v) is 8.42. The van der Waals surface area contributed by atoms with Gasteiger partial charge in [0.05, 0.1) is 21.6 Å². The Balaban J connectivity index is 1.60. The van der Waals surface area contributed by atoms with E-state index in [1.54, 1.807) is 11.8 Å². The molecule has 0 unspecified atom stereocenters. The van der Waals surface area contributed by atoms with Crippen molar-refractivity contribution >= 4 is 34.4 Å². The lowest BCUT2D eigenvalue weighted by atomic mass is 9.72. The molecule has 2 heterocycles. The molecule has 160 valence electrons. The molecule has 0 bridgehead atoms. The van der Waals surface area contributed by atoms with Crippen LogP contribution < -0.4 is 0 Å². The zero-order valence-electron chi connectivity index (χ0n) is 17.7. The van der Waals surface area contributed by atoms with E-state index in [1.165, 1.54) is 0 Å². The number of carbonyl (C=O) groups excluding carboxylic acids is 2. The average Bonchev–Trinajstić information content (AvgIpc) is 2.80. The quantitative estimate of drug-likeness (QED) is 0.550. The standard InChI is InChI=1S/C25H25ClN2O3/c1-17-20-10-6-7-11-21(20)27-22(23(17)26)16-31-24(30)25(19-8-4-3-5-9-19)12-14-28(15-13-25)18(2)29/h3-11H,12-16H2,1-2H3. The van der Waals surface area contributed by atoms with E-state index in [0.717, 1.165) is 22.0 Å². The number of pyridine rings is 1. The fourth-order valence-corrected chi connectivity index (χ4v) is 4.55. The molecule has 1 aromatic heterocycles. The molecular weight excluding hydrogens is 412 g/mol. The first-order valence-electron chi connectivity index (χ1n) is 10.4. The minimum atomic E-state index is -0.786. The molecule has 6 heteroatoms. The molecule has 2 aromatic carbocycles. The van der Waals surface area contributed by atoms with Crippen LogP contribution in [0.4, 0.5) is 0 Å². The molecule has 1 aliphatic heterocycles. The number of esters is 1. The molecule has 0 radical (unpaired) electrons. The number of rotatable bonds is 4. The van der Waals surface area contributed by atoms with Gasteiger partial charge in [-0.3, -0.25) is 9.59 Å². The summed E-state index contributed by atoms with van der Waals surface area (Å²) in [5.74, 6) is -0.275. The van der Waals surface area contributed by atoms with Gasteiger partial charge in [-0.2, -0.15) is 0 Å². The van der Waals surface area contributed by atoms with E-state index in [2.05, 4.69) is 4.98 Å². The second kappa shape index (κ2) is 8.67. The number of para-hydroxylation sites is 1. The predicted molar refractivity (Wildman–Crippen MR) is 121 cm³/mol. The maximum absolute atomic E-state index is 13.4. The predicted octanol–water partition coefficient (Wildman–Crippen LogP) is 4.82. The van der Waals surface area contributed by atoms with Crippen molar-refractivity contribution < 1.29 is 14.3 Å². The van der Waals surface area contributed by atoms with Crippen LogP contribution in [0.2, 0.25) is 5.02 Å². The van der Waals surface area contributed by atoms with Crippen molar-refractivity contribution in [1.29, 1.82) is 0 Å². The molecule has 0 N–H and O–H groups in total. The first kappa shape index (κ1) is 21.3. The second-order valence-electron chi connectivity index (χ2n) is 8.04. The van der Waals surface area contributed by atoms with Gasteiger partial charge < -0.3 is 9.64 Å². The van der Waals surface area contributed by atoms with E-state index >= 15 is 0 Å². The fraction of sp³-hybridized carbons (Fsp3) is 0.320. The highest BCUT2D eigenvalue weighted by Crippen LogP contribution is 2.37. The van der Waals surface area contributed by atoms with Gasteiger partial charge in [-0.25, -0.2) is 4.98 Å². The largest absolute Gasteiger partial charge is 0.458 e. The van der Waals surface area contributed by atoms with Gasteiger partial charge in [0.15, 0.2) is 0 Å². The normalized spacial score (nSPS) is 15.6. The topological polar surface area (TPSA) is 59.5 Å². The lowest BCUT2D eigenvalue weighted by molar-refractivity contribution is -0.155. The van der Waals surface area contributed by atoms with Crippen molar-refractivity contribution in [3.63, 3.8) is 0 Å². The van der Waals surface area contributed by atoms with Crippen LogP contribution in [-0.2, 0) is 26.3 Å². The number of benzene rings is 2. The third-order valence-corrected chi connectivity index (χ3v) is 6.77. The van der Waals surface area contributed by atoms with E-state index < -0.39 is 5.41 Å². The van der Waals surface area contributed by atoms with E-state index in [4.69, 9.17) is 16.3 Å². The van der Waals surface area contributed by atoms with Gasteiger partial charge in [-0.15, -0.1) is 0 Å². The maximum atomic E-state index is 13.4. The van der Waals surface area contributed by atoms with Crippen LogP contribution in [0, 0.1) is 6.92 Å². The van der Waals surface area contributed by atoms with Gasteiger partial charge in [0.2, 0.25) is 5.91 Å². The number of halogens is 1. The summed E-state index contributed by atoms with van der Waals surface area (Å²) in [6.45, 7) is 4.55. The summed E-state index contributed by atoms with van der Waals surface area (Å²) in [7, 11) is 0. The molecule has 3 aromatic rings. The number of aryl methyl sites for hydroxylation is 1. The number of hydrogen-bond donors (Lipinski definition) is 0. The molecule has 0 atom stereocenters. The molecule has 31 heavy (non-hydrogen) atoms. The summed E-state index contributed by atoms with van der Waals surface area (Å²) in [6.07, 6.45) is 1.04. The molecule has 1 aliphatic rings. The minimum Gasteiger partial charge on any atom is -0.458 e. The highest BCUT2D eigenvalue weighted by molar-refractivity contribution is 6.32. The molecular formula is C25H25ClN2O3. The smallest absolute Gasteiger partial charge is 0.317 e. The number of ether oxygens (including phenoxy) is 1. The van der Waals surface area contributed by atoms with Crippen molar-refractivity contribution in [3.8, 4) is 0 Å². The highest BCUT2D eigenvalue weighted by atomic mass is 35.5. The Morgan fingerprint density at radius 2 is 1.71 bits per heavy atom. The van der Waals surface area contributed by atoms with Crippen LogP contribution in [0.1, 0.15) is 36.6 Å². The number of likely N-dealkylation sites (tertiary alicyclic amines) is 1. The molecule has 0 spiro atoms. The Morgan fingerprint density at radius 3 is 2.39 bits per heavy atom. The summed E-state index contributed by atoms with van der Waals surface area (Å²) >= 11 is 6.55. The monoisotopic (exact) mass is 436 g/mol. The van der Waals surface area contributed by atoms with E-state index in [9.17, 15) is 9.59 Å². The summed E-state index contributed by atoms with van der Waals surface area (Å²) in [5, 5.41) is 1.51. The number of nitrogens with zero attached hydrogens (tertiary/aromatic N) is 2. The van der Waals surface area contributed by atoms with Crippen LogP contribution in [0.25, 0.3) is 10.9 Å². The van der Waals surface area contributed by atoms with Gasteiger partial charge in [-0.05, 0) is 37.0 Å². The Morgan fingerprint density at radius 1 is 1.06 bits per heavy atom. The lowest BCUT2D eigenvalue weighted by Gasteiger charge is -2.40. The Labute approximate surface area is 187 Å². The van der Waals surface area contributed by atoms with E-state index in [0.29, 0.717) is 36.6 Å². The Bertz CT molecular complexity index is 1120. The van der Waals surface area contributed by atoms with Gasteiger partial charge in [-0.1, -0.05) is 60.1 Å². The number of fused-ring (bicyclic) bond motifs is 1. The van der Waals surface area contributed by atoms with Crippen molar-refractivity contribution in [2.24, 2.45) is 0 Å². The van der Waals surface area contributed by atoms with Crippen LogP contribution in [-0.4, -0.2) is 34.8 Å². The zero-order chi connectivity index (χ0) is 22.0. The molecule has 0 aliphatic carbocycles. The lowest BCUT2D eigenvalue weighted by Crippen LogP contribution is -2.49. The zero-order valence-corrected chi connectivity index (χ0v) is 18.5. The number of piperidine rings is 1. The van der Waals surface area contributed by atoms with Crippen molar-refractivity contribution in [1.82, 2.24) is 9.88 Å². The van der Waals surface area contributed by atoms with Crippen molar-refractivity contribution in [3.05, 3.63) is 76.4 Å². The Hall–Kier alpha value is -2.92. The van der Waals surface area contributed by atoms with E-state index in [1.807, 2.05) is 61.5 Å². The summed E-state index contributed by atoms with van der Waals surface area (Å²) in [4.78, 5) is 31.6.